The molecular weight excluding hydrogens is 260 g/mol. The molecule has 21 heavy (non-hydrogen) atoms. The Morgan fingerprint density at radius 1 is 1.14 bits per heavy atom. The molecule has 1 amide bonds. The first kappa shape index (κ1) is 13.8. The molecule has 1 N–H and O–H groups in total. The Bertz CT molecular complexity index is 434. The van der Waals surface area contributed by atoms with Crippen LogP contribution in [0, 0.1) is 17.8 Å². The molecule has 4 rings (SSSR count). The van der Waals surface area contributed by atoms with Gasteiger partial charge in [0.05, 0.1) is 0 Å². The van der Waals surface area contributed by atoms with Crippen molar-refractivity contribution < 1.29 is 4.79 Å². The average molecular weight is 288 g/mol. The number of carbonyl (C=O) groups is 1. The van der Waals surface area contributed by atoms with Crippen LogP contribution in [0.1, 0.15) is 51.9 Å². The van der Waals surface area contributed by atoms with Crippen molar-refractivity contribution >= 4 is 5.91 Å². The van der Waals surface area contributed by atoms with Crippen LogP contribution in [-0.4, -0.2) is 35.5 Å². The van der Waals surface area contributed by atoms with E-state index in [0.29, 0.717) is 41.8 Å². The summed E-state index contributed by atoms with van der Waals surface area (Å²) in [5.41, 5.74) is 0. The maximum Gasteiger partial charge on any atom is 0.226 e. The fourth-order valence-electron chi connectivity index (χ4n) is 5.27. The number of hydrogen-bond acceptors (Lipinski definition) is 2. The number of carbonyl (C=O) groups excluding carboxylic acids is 1. The second-order valence-corrected chi connectivity index (χ2v) is 7.68. The Morgan fingerprint density at radius 2 is 1.90 bits per heavy atom. The molecule has 5 unspecified atom stereocenters. The van der Waals surface area contributed by atoms with Crippen LogP contribution in [0.15, 0.2) is 12.2 Å². The van der Waals surface area contributed by atoms with Gasteiger partial charge in [0.15, 0.2) is 0 Å². The van der Waals surface area contributed by atoms with E-state index in [4.69, 9.17) is 0 Å². The zero-order valence-electron chi connectivity index (χ0n) is 13.1. The minimum Gasteiger partial charge on any atom is -0.339 e. The molecule has 0 aromatic rings. The molecule has 5 atom stereocenters. The summed E-state index contributed by atoms with van der Waals surface area (Å²) in [6, 6.07) is 1.83. The van der Waals surface area contributed by atoms with Crippen molar-refractivity contribution in [2.75, 3.05) is 6.54 Å². The lowest BCUT2D eigenvalue weighted by Crippen LogP contribution is -2.52. The van der Waals surface area contributed by atoms with Crippen molar-refractivity contribution in [3.63, 3.8) is 0 Å². The lowest BCUT2D eigenvalue weighted by atomic mass is 9.90. The summed E-state index contributed by atoms with van der Waals surface area (Å²) in [6.07, 6.45) is 13.1. The van der Waals surface area contributed by atoms with E-state index in [0.717, 1.165) is 19.4 Å². The third-order valence-electron chi connectivity index (χ3n) is 6.23. The first-order chi connectivity index (χ1) is 10.2. The van der Waals surface area contributed by atoms with Gasteiger partial charge < -0.3 is 10.2 Å². The smallest absolute Gasteiger partial charge is 0.226 e. The third kappa shape index (κ3) is 2.44. The minimum absolute atomic E-state index is 0.291. The van der Waals surface area contributed by atoms with Crippen LogP contribution in [0.25, 0.3) is 0 Å². The van der Waals surface area contributed by atoms with Gasteiger partial charge in [-0.1, -0.05) is 19.1 Å². The number of hydrogen-bond donors (Lipinski definition) is 1. The van der Waals surface area contributed by atoms with Gasteiger partial charge in [0.2, 0.25) is 5.91 Å². The van der Waals surface area contributed by atoms with Crippen LogP contribution in [0.2, 0.25) is 0 Å². The molecule has 0 aromatic heterocycles. The molecule has 3 heteroatoms. The normalized spacial score (nSPS) is 43.5. The Hall–Kier alpha value is -0.830. The lowest BCUT2D eigenvalue weighted by molar-refractivity contribution is -0.139. The van der Waals surface area contributed by atoms with Gasteiger partial charge in [-0.15, -0.1) is 0 Å². The molecule has 3 fully saturated rings. The number of amides is 1. The maximum atomic E-state index is 13.1. The predicted molar refractivity (Wildman–Crippen MR) is 83.8 cm³/mol. The molecule has 2 saturated heterocycles. The summed E-state index contributed by atoms with van der Waals surface area (Å²) in [7, 11) is 0. The first-order valence-electron chi connectivity index (χ1n) is 8.99. The highest BCUT2D eigenvalue weighted by Crippen LogP contribution is 2.44. The molecule has 0 spiro atoms. The fraction of sp³-hybridized carbons (Fsp3) is 0.833. The van der Waals surface area contributed by atoms with Gasteiger partial charge in [0, 0.05) is 30.6 Å². The monoisotopic (exact) mass is 288 g/mol. The van der Waals surface area contributed by atoms with Crippen molar-refractivity contribution in [3.05, 3.63) is 12.2 Å². The molecule has 0 radical (unpaired) electrons. The molecule has 2 aliphatic carbocycles. The van der Waals surface area contributed by atoms with Crippen molar-refractivity contribution in [1.29, 1.82) is 0 Å². The second kappa shape index (κ2) is 5.42. The summed E-state index contributed by atoms with van der Waals surface area (Å²) in [5.74, 6) is 2.00. The number of nitrogens with zero attached hydrogens (tertiary/aromatic N) is 1. The lowest BCUT2D eigenvalue weighted by Gasteiger charge is -2.39. The van der Waals surface area contributed by atoms with Crippen molar-refractivity contribution in [1.82, 2.24) is 10.2 Å². The van der Waals surface area contributed by atoms with E-state index >= 15 is 0 Å². The number of piperidine rings is 1. The average Bonchev–Trinajstić information content (AvgIpc) is 3.19. The molecule has 0 aromatic carbocycles. The highest BCUT2D eigenvalue weighted by atomic mass is 16.2. The number of nitrogens with one attached hydrogen (secondary N) is 1. The zero-order chi connectivity index (χ0) is 14.4. The van der Waals surface area contributed by atoms with Gasteiger partial charge >= 0.3 is 0 Å². The molecule has 2 aliphatic heterocycles. The van der Waals surface area contributed by atoms with E-state index in [-0.39, 0.29) is 0 Å². The van der Waals surface area contributed by atoms with E-state index in [1.165, 1.54) is 32.1 Å². The topological polar surface area (TPSA) is 32.3 Å². The summed E-state index contributed by atoms with van der Waals surface area (Å²) in [6.45, 7) is 3.16. The first-order valence-corrected chi connectivity index (χ1v) is 8.99. The zero-order valence-corrected chi connectivity index (χ0v) is 13.1. The summed E-state index contributed by atoms with van der Waals surface area (Å²) < 4.78 is 0. The van der Waals surface area contributed by atoms with Crippen LogP contribution in [0.4, 0.5) is 0 Å². The Morgan fingerprint density at radius 3 is 2.48 bits per heavy atom. The molecule has 4 bridgehead atoms. The van der Waals surface area contributed by atoms with Gasteiger partial charge in [0.1, 0.15) is 0 Å². The van der Waals surface area contributed by atoms with Gasteiger partial charge in [0.25, 0.3) is 0 Å². The minimum atomic E-state index is 0.291. The molecule has 116 valence electrons. The van der Waals surface area contributed by atoms with Crippen LogP contribution < -0.4 is 5.32 Å². The highest BCUT2D eigenvalue weighted by Gasteiger charge is 2.44. The van der Waals surface area contributed by atoms with E-state index in [2.05, 4.69) is 29.3 Å². The fourth-order valence-corrected chi connectivity index (χ4v) is 5.27. The van der Waals surface area contributed by atoms with Crippen LogP contribution in [-0.2, 0) is 4.79 Å². The second-order valence-electron chi connectivity index (χ2n) is 7.68. The molecular formula is C18H28N2O. The third-order valence-corrected chi connectivity index (χ3v) is 6.23. The van der Waals surface area contributed by atoms with Gasteiger partial charge in [-0.25, -0.2) is 0 Å². The van der Waals surface area contributed by atoms with Crippen molar-refractivity contribution in [3.8, 4) is 0 Å². The van der Waals surface area contributed by atoms with Crippen LogP contribution in [0.3, 0.4) is 0 Å². The molecule has 2 heterocycles. The van der Waals surface area contributed by atoms with E-state index < -0.39 is 0 Å². The summed E-state index contributed by atoms with van der Waals surface area (Å²) in [5, 5.41) is 3.70. The van der Waals surface area contributed by atoms with Gasteiger partial charge in [-0.05, 0) is 56.8 Å². The predicted octanol–water partition coefficient (Wildman–Crippen LogP) is 2.72. The Balaban J connectivity index is 1.48. The van der Waals surface area contributed by atoms with Gasteiger partial charge in [-0.2, -0.15) is 0 Å². The molecule has 3 nitrogen and oxygen atoms in total. The SMILES string of the molecule is CCCN(C(=O)C1CC2C=CC1C2)C1CC2CCC(C1)N2. The Kier molecular flexibility index (Phi) is 3.56. The number of allylic oxidation sites excluding steroid dienone is 2. The Labute approximate surface area is 128 Å². The molecule has 4 aliphatic rings. The van der Waals surface area contributed by atoms with Crippen molar-refractivity contribution in [2.45, 2.75) is 70.0 Å². The van der Waals surface area contributed by atoms with Gasteiger partial charge in [-0.3, -0.25) is 4.79 Å². The molecule has 1 saturated carbocycles. The summed E-state index contributed by atoms with van der Waals surface area (Å²) >= 11 is 0. The van der Waals surface area contributed by atoms with E-state index in [1.54, 1.807) is 0 Å². The summed E-state index contributed by atoms with van der Waals surface area (Å²) in [4.78, 5) is 15.4. The van der Waals surface area contributed by atoms with Crippen LogP contribution >= 0.6 is 0 Å². The number of rotatable bonds is 4. The quantitative estimate of drug-likeness (QED) is 0.807. The highest BCUT2D eigenvalue weighted by molar-refractivity contribution is 5.80. The van der Waals surface area contributed by atoms with E-state index in [1.807, 2.05) is 0 Å². The largest absolute Gasteiger partial charge is 0.339 e. The number of fused-ring (bicyclic) bond motifs is 4. The van der Waals surface area contributed by atoms with E-state index in [9.17, 15) is 4.79 Å². The van der Waals surface area contributed by atoms with Crippen molar-refractivity contribution in [2.24, 2.45) is 17.8 Å². The maximum absolute atomic E-state index is 13.1. The van der Waals surface area contributed by atoms with Crippen LogP contribution in [0.5, 0.6) is 0 Å². The standard InChI is InChI=1S/C18H28N2O/c1-2-7-20(16-10-14-5-6-15(11-16)19-14)18(21)17-9-12-3-4-13(17)8-12/h3-4,12-17,19H,2,5-11H2,1H3.